The fourth-order valence-corrected chi connectivity index (χ4v) is 7.70. The van der Waals surface area contributed by atoms with Crippen LogP contribution in [0.5, 0.6) is 5.75 Å². The summed E-state index contributed by atoms with van der Waals surface area (Å²) in [5.74, 6) is -14.5. The van der Waals surface area contributed by atoms with Gasteiger partial charge in [0.1, 0.15) is 5.75 Å². The average molecular weight is 629 g/mol. The molecule has 8 atom stereocenters. The van der Waals surface area contributed by atoms with Gasteiger partial charge in [0.25, 0.3) is 0 Å². The minimum absolute atomic E-state index is 0.156. The van der Waals surface area contributed by atoms with Gasteiger partial charge in [-0.3, -0.25) is 28.9 Å². The first kappa shape index (κ1) is 31.0. The molecule has 3 aliphatic rings. The normalized spacial score (nSPS) is 30.4. The molecular formula is C33H32N4O9. The highest BCUT2D eigenvalue weighted by molar-refractivity contribution is 6.32. The lowest BCUT2D eigenvalue weighted by atomic mass is 9.49. The van der Waals surface area contributed by atoms with Gasteiger partial charge in [0.05, 0.1) is 40.9 Å². The minimum atomic E-state index is -3.10. The second-order valence-electron chi connectivity index (χ2n) is 12.4. The Morgan fingerprint density at radius 2 is 1.57 bits per heavy atom. The zero-order chi connectivity index (χ0) is 33.4. The Labute approximate surface area is 262 Å². The molecule has 7 N–H and O–H groups in total. The highest BCUT2D eigenvalue weighted by Crippen LogP contribution is 2.55. The quantitative estimate of drug-likeness (QED) is 0.179. The van der Waals surface area contributed by atoms with E-state index in [4.69, 9.17) is 5.73 Å². The number of ketones is 4. The van der Waals surface area contributed by atoms with Crippen LogP contribution < -0.4 is 16.4 Å². The number of amides is 3. The molecule has 6 rings (SSSR count). The number of Topliss-reactive ketones (excluding diaryl/α,β-unsaturated/α-hetero) is 4. The van der Waals surface area contributed by atoms with Crippen molar-refractivity contribution in [2.24, 2.45) is 29.4 Å². The number of aliphatic hydroxyl groups is 2. The number of urea groups is 1. The van der Waals surface area contributed by atoms with Gasteiger partial charge in [0, 0.05) is 11.3 Å². The van der Waals surface area contributed by atoms with Gasteiger partial charge < -0.3 is 31.7 Å². The summed E-state index contributed by atoms with van der Waals surface area (Å²) in [6.07, 6.45) is -1.74. The molecule has 13 heteroatoms. The number of benzene rings is 3. The second-order valence-corrected chi connectivity index (χ2v) is 12.4. The zero-order valence-electron chi connectivity index (χ0n) is 25.1. The van der Waals surface area contributed by atoms with Crippen LogP contribution in [0.25, 0.3) is 10.8 Å². The van der Waals surface area contributed by atoms with Crippen molar-refractivity contribution >= 4 is 57.2 Å². The first-order chi connectivity index (χ1) is 21.7. The number of hydrogen-bond donors (Lipinski definition) is 6. The van der Waals surface area contributed by atoms with Gasteiger partial charge in [0.15, 0.2) is 34.7 Å². The topological polar surface area (TPSA) is 216 Å². The molecule has 0 saturated heterocycles. The van der Waals surface area contributed by atoms with Crippen LogP contribution in [0, 0.1) is 23.7 Å². The van der Waals surface area contributed by atoms with Crippen molar-refractivity contribution in [1.82, 2.24) is 4.90 Å². The van der Waals surface area contributed by atoms with Gasteiger partial charge in [-0.05, 0) is 43.1 Å². The molecule has 3 aromatic carbocycles. The molecule has 238 valence electrons. The number of anilines is 2. The van der Waals surface area contributed by atoms with E-state index in [0.717, 1.165) is 10.8 Å². The number of hydrogen-bond acceptors (Lipinski definition) is 10. The molecule has 13 nitrogen and oxygen atoms in total. The minimum Gasteiger partial charge on any atom is -0.505 e. The van der Waals surface area contributed by atoms with Crippen LogP contribution in [-0.4, -0.2) is 87.1 Å². The number of phenols is 1. The van der Waals surface area contributed by atoms with E-state index < -0.39 is 88.2 Å². The maximum atomic E-state index is 14.1. The molecule has 0 spiro atoms. The number of aliphatic hydroxyl groups excluding tert-OH is 1. The number of likely N-dealkylation sites (N-methyl/N-ethyl adjacent to an activating group) is 1. The molecule has 3 aromatic rings. The van der Waals surface area contributed by atoms with E-state index in [2.05, 4.69) is 10.6 Å². The monoisotopic (exact) mass is 628 g/mol. The molecular weight excluding hydrogens is 596 g/mol. The lowest BCUT2D eigenvalue weighted by Gasteiger charge is -2.56. The van der Waals surface area contributed by atoms with Crippen molar-refractivity contribution in [3.05, 3.63) is 65.7 Å². The zero-order valence-corrected chi connectivity index (χ0v) is 25.1. The Balaban J connectivity index is 1.38. The van der Waals surface area contributed by atoms with Crippen LogP contribution in [-0.2, 0) is 19.2 Å². The summed E-state index contributed by atoms with van der Waals surface area (Å²) in [5.41, 5.74) is 2.51. The Kier molecular flexibility index (Phi) is 7.30. The van der Waals surface area contributed by atoms with E-state index in [1.165, 1.54) is 31.1 Å². The standard InChI is InChI=1S/C33H32N4O9/c1-13-15-11-12-18(36-32(45)35-17-10-6-8-14-7-4-5-9-16(14)17)25(38)20(15)26(39)21-19(13)27(40)23-24(37(2)3)28(41)22(31(34)44)30(43)33(23,46)29(21)42/h4-13,19,21-24,27,38,40,46H,1-3H3,(H2,34,44)(H2,35,36,45)/t13-,19+,21?,22?,23+,24?,27-,33-/m0/s1. The summed E-state index contributed by atoms with van der Waals surface area (Å²) in [7, 11) is 2.85. The first-order valence-electron chi connectivity index (χ1n) is 14.7. The van der Waals surface area contributed by atoms with Crippen LogP contribution in [0.15, 0.2) is 54.6 Å². The Morgan fingerprint density at radius 1 is 0.913 bits per heavy atom. The summed E-state index contributed by atoms with van der Waals surface area (Å²) >= 11 is 0. The molecule has 2 fully saturated rings. The van der Waals surface area contributed by atoms with Crippen LogP contribution >= 0.6 is 0 Å². The Morgan fingerprint density at radius 3 is 2.24 bits per heavy atom. The molecule has 46 heavy (non-hydrogen) atoms. The van der Waals surface area contributed by atoms with Crippen LogP contribution in [0.4, 0.5) is 16.2 Å². The molecule has 3 unspecified atom stereocenters. The number of rotatable bonds is 4. The molecule has 0 heterocycles. The van der Waals surface area contributed by atoms with Crippen LogP contribution in [0.2, 0.25) is 0 Å². The number of nitrogens with zero attached hydrogens (tertiary/aromatic N) is 1. The number of phenolic OH excluding ortho intramolecular Hbond substituents is 1. The summed E-state index contributed by atoms with van der Waals surface area (Å²) in [5, 5.41) is 41.6. The largest absolute Gasteiger partial charge is 0.505 e. The average Bonchev–Trinajstić information content (AvgIpc) is 3.00. The fraction of sp³-hybridized carbons (Fsp3) is 0.333. The SMILES string of the molecule is C[C@H]1c2ccc(NC(=O)Nc3cccc4ccccc34)c(O)c2C(=O)C2C(=O)[C@]3(O)C(=O)C(C(N)=O)C(=O)C(N(C)C)[C@@H]3[C@@H](O)[C@@H]21. The molecule has 3 amide bonds. The van der Waals surface area contributed by atoms with Crippen molar-refractivity contribution in [3.63, 3.8) is 0 Å². The fourth-order valence-electron chi connectivity index (χ4n) is 7.70. The third kappa shape index (κ3) is 4.26. The number of carbonyl (C=O) groups is 6. The van der Waals surface area contributed by atoms with E-state index in [9.17, 15) is 44.1 Å². The van der Waals surface area contributed by atoms with Gasteiger partial charge in [-0.1, -0.05) is 49.4 Å². The molecule has 2 saturated carbocycles. The number of carbonyl (C=O) groups excluding carboxylic acids is 6. The number of nitrogens with two attached hydrogens (primary N) is 1. The van der Waals surface area contributed by atoms with Crippen LogP contribution in [0.3, 0.4) is 0 Å². The van der Waals surface area contributed by atoms with Crippen molar-refractivity contribution in [2.45, 2.75) is 30.6 Å². The molecule has 0 bridgehead atoms. The van der Waals surface area contributed by atoms with Gasteiger partial charge >= 0.3 is 6.03 Å². The summed E-state index contributed by atoms with van der Waals surface area (Å²) in [4.78, 5) is 81.5. The summed E-state index contributed by atoms with van der Waals surface area (Å²) < 4.78 is 0. The van der Waals surface area contributed by atoms with E-state index in [-0.39, 0.29) is 16.8 Å². The van der Waals surface area contributed by atoms with Gasteiger partial charge in [-0.25, -0.2) is 4.79 Å². The van der Waals surface area contributed by atoms with Crippen molar-refractivity contribution < 1.29 is 44.1 Å². The van der Waals surface area contributed by atoms with Gasteiger partial charge in [-0.2, -0.15) is 0 Å². The first-order valence-corrected chi connectivity index (χ1v) is 14.7. The predicted octanol–water partition coefficient (Wildman–Crippen LogP) is 1.20. The number of nitrogens with one attached hydrogen (secondary N) is 2. The molecule has 3 aliphatic carbocycles. The van der Waals surface area contributed by atoms with Crippen molar-refractivity contribution in [1.29, 1.82) is 0 Å². The van der Waals surface area contributed by atoms with E-state index in [1.807, 2.05) is 30.3 Å². The van der Waals surface area contributed by atoms with Crippen molar-refractivity contribution in [3.8, 4) is 5.75 Å². The number of primary amides is 1. The lowest BCUT2D eigenvalue weighted by Crippen LogP contribution is -2.77. The van der Waals surface area contributed by atoms with Crippen LogP contribution in [0.1, 0.15) is 28.8 Å². The van der Waals surface area contributed by atoms with Crippen molar-refractivity contribution in [2.75, 3.05) is 24.7 Å². The number of aromatic hydroxyl groups is 1. The third-order valence-corrected chi connectivity index (χ3v) is 9.78. The van der Waals surface area contributed by atoms with Gasteiger partial charge in [0.2, 0.25) is 5.91 Å². The summed E-state index contributed by atoms with van der Waals surface area (Å²) in [6.45, 7) is 1.60. The highest BCUT2D eigenvalue weighted by Gasteiger charge is 2.72. The second kappa shape index (κ2) is 10.8. The molecule has 0 aliphatic heterocycles. The third-order valence-electron chi connectivity index (χ3n) is 9.78. The predicted molar refractivity (Wildman–Crippen MR) is 164 cm³/mol. The Bertz CT molecular complexity index is 1870. The smallest absolute Gasteiger partial charge is 0.323 e. The van der Waals surface area contributed by atoms with E-state index >= 15 is 0 Å². The molecule has 0 aromatic heterocycles. The maximum absolute atomic E-state index is 14.1. The lowest BCUT2D eigenvalue weighted by molar-refractivity contribution is -0.196. The maximum Gasteiger partial charge on any atom is 0.323 e. The number of fused-ring (bicyclic) bond motifs is 4. The molecule has 0 radical (unpaired) electrons. The van der Waals surface area contributed by atoms with E-state index in [1.54, 1.807) is 19.1 Å². The summed E-state index contributed by atoms with van der Waals surface area (Å²) in [6, 6.07) is 13.4. The highest BCUT2D eigenvalue weighted by atomic mass is 16.3. The van der Waals surface area contributed by atoms with Gasteiger partial charge in [-0.15, -0.1) is 0 Å². The Hall–Kier alpha value is -4.98. The van der Waals surface area contributed by atoms with E-state index in [0.29, 0.717) is 5.69 Å².